The lowest BCUT2D eigenvalue weighted by Crippen LogP contribution is -2.45. The zero-order valence-electron chi connectivity index (χ0n) is 18.6. The zero-order chi connectivity index (χ0) is 22.2. The summed E-state index contributed by atoms with van der Waals surface area (Å²) in [7, 11) is 0. The summed E-state index contributed by atoms with van der Waals surface area (Å²) in [6, 6.07) is -0.782. The van der Waals surface area contributed by atoms with Gasteiger partial charge < -0.3 is 19.7 Å². The third-order valence-corrected chi connectivity index (χ3v) is 6.18. The number of ether oxygens (including phenoxy) is 1. The first-order valence-electron chi connectivity index (χ1n) is 11.1. The van der Waals surface area contributed by atoms with Gasteiger partial charge >= 0.3 is 12.1 Å². The number of amides is 1. The minimum atomic E-state index is -0.854. The highest BCUT2D eigenvalue weighted by Gasteiger charge is 2.35. The first-order chi connectivity index (χ1) is 14.7. The van der Waals surface area contributed by atoms with Crippen molar-refractivity contribution in [1.29, 1.82) is 0 Å². The van der Waals surface area contributed by atoms with E-state index in [-0.39, 0.29) is 6.04 Å². The number of carbonyl (C=O) groups excluding carboxylic acids is 1. The summed E-state index contributed by atoms with van der Waals surface area (Å²) in [6.07, 6.45) is 10.9. The van der Waals surface area contributed by atoms with Crippen LogP contribution in [0.5, 0.6) is 0 Å². The van der Waals surface area contributed by atoms with Crippen molar-refractivity contribution in [3.63, 3.8) is 0 Å². The Morgan fingerprint density at radius 2 is 2.13 bits per heavy atom. The number of alkyl carbamates (subject to hydrolysis) is 1. The molecule has 2 N–H and O–H groups in total. The highest BCUT2D eigenvalue weighted by atomic mass is 16.6. The van der Waals surface area contributed by atoms with Crippen LogP contribution in [-0.4, -0.2) is 62.4 Å². The van der Waals surface area contributed by atoms with Gasteiger partial charge in [0.2, 0.25) is 0 Å². The van der Waals surface area contributed by atoms with Crippen molar-refractivity contribution < 1.29 is 19.4 Å². The average molecular weight is 429 g/mol. The summed E-state index contributed by atoms with van der Waals surface area (Å²) < 4.78 is 7.46. The lowest BCUT2D eigenvalue weighted by molar-refractivity contribution is -0.142. The Bertz CT molecular complexity index is 924. The van der Waals surface area contributed by atoms with E-state index >= 15 is 0 Å². The predicted octanol–water partition coefficient (Wildman–Crippen LogP) is 2.99. The number of hydrogen-bond acceptors (Lipinski definition) is 5. The van der Waals surface area contributed by atoms with Crippen LogP contribution in [0.3, 0.4) is 0 Å². The molecular formula is C23H32N4O4. The molecule has 3 aliphatic rings. The van der Waals surface area contributed by atoms with Crippen LogP contribution in [-0.2, 0) is 22.4 Å². The van der Waals surface area contributed by atoms with Crippen LogP contribution in [0, 0.1) is 0 Å². The van der Waals surface area contributed by atoms with Crippen LogP contribution in [0.2, 0.25) is 0 Å². The van der Waals surface area contributed by atoms with Crippen molar-refractivity contribution in [3.8, 4) is 0 Å². The van der Waals surface area contributed by atoms with Crippen LogP contribution in [0.15, 0.2) is 24.1 Å². The monoisotopic (exact) mass is 428 g/mol. The first-order valence-corrected chi connectivity index (χ1v) is 11.1. The van der Waals surface area contributed by atoms with Gasteiger partial charge in [-0.05, 0) is 64.5 Å². The largest absolute Gasteiger partial charge is 0.480 e. The highest BCUT2D eigenvalue weighted by molar-refractivity contribution is 5.74. The number of carboxylic acid groups (broad SMARTS) is 1. The van der Waals surface area contributed by atoms with E-state index in [1.54, 1.807) is 0 Å². The van der Waals surface area contributed by atoms with E-state index in [1.165, 1.54) is 11.3 Å². The molecule has 1 aromatic rings. The molecule has 2 atom stereocenters. The van der Waals surface area contributed by atoms with Gasteiger partial charge in [-0.3, -0.25) is 9.69 Å². The van der Waals surface area contributed by atoms with E-state index in [0.717, 1.165) is 37.1 Å². The Balaban J connectivity index is 1.43. The number of aromatic nitrogens is 2. The smallest absolute Gasteiger partial charge is 0.407 e. The number of imidazole rings is 1. The summed E-state index contributed by atoms with van der Waals surface area (Å²) >= 11 is 0. The molecule has 4 rings (SSSR count). The second kappa shape index (κ2) is 8.49. The molecule has 0 bridgehead atoms. The number of allylic oxidation sites excluding steroid dienone is 4. The van der Waals surface area contributed by atoms with Gasteiger partial charge in [-0.25, -0.2) is 9.78 Å². The Kier molecular flexibility index (Phi) is 5.92. The second-order valence-electron chi connectivity index (χ2n) is 9.62. The predicted molar refractivity (Wildman–Crippen MR) is 117 cm³/mol. The van der Waals surface area contributed by atoms with Gasteiger partial charge in [0.15, 0.2) is 0 Å². The fourth-order valence-electron chi connectivity index (χ4n) is 4.74. The molecule has 1 amide bonds. The summed E-state index contributed by atoms with van der Waals surface area (Å²) in [5.41, 5.74) is 4.10. The minimum Gasteiger partial charge on any atom is -0.480 e. The Hall–Kier alpha value is -2.61. The van der Waals surface area contributed by atoms with Crippen LogP contribution in [0.4, 0.5) is 4.79 Å². The number of rotatable bonds is 5. The molecule has 2 aliphatic heterocycles. The number of nitrogens with one attached hydrogen (secondary N) is 1. The van der Waals surface area contributed by atoms with Gasteiger partial charge in [0, 0.05) is 36.9 Å². The summed E-state index contributed by atoms with van der Waals surface area (Å²) in [4.78, 5) is 30.7. The molecule has 0 saturated carbocycles. The third kappa shape index (κ3) is 4.84. The van der Waals surface area contributed by atoms with E-state index in [1.807, 2.05) is 32.0 Å². The van der Waals surface area contributed by atoms with Gasteiger partial charge in [-0.15, -0.1) is 0 Å². The molecule has 0 aromatic carbocycles. The molecule has 1 aromatic heterocycles. The molecular weight excluding hydrogens is 396 g/mol. The number of likely N-dealkylation sites (tertiary alicyclic amines) is 1. The quantitative estimate of drug-likeness (QED) is 0.748. The molecule has 3 heterocycles. The number of aliphatic carboxylic acids is 1. The first kappa shape index (κ1) is 21.6. The fraction of sp³-hybridized carbons (Fsp3) is 0.609. The van der Waals surface area contributed by atoms with Crippen molar-refractivity contribution in [2.24, 2.45) is 0 Å². The standard InChI is InChI=1S/C23H32N4O4/c1-23(2,3)31-22(30)25-16-10-11-26(13-16)20(21(28)29)12-17-19-9-8-15-6-4-5-7-18(15)27(19)14-24-17/h5,7,14,16,20H,4,6,8-13H2,1-3H3,(H,25,30)(H,28,29)/t16-,20?/m0/s1. The van der Waals surface area contributed by atoms with Gasteiger partial charge in [0.25, 0.3) is 0 Å². The maximum absolute atomic E-state index is 12.1. The van der Waals surface area contributed by atoms with Crippen molar-refractivity contribution in [2.75, 3.05) is 13.1 Å². The lowest BCUT2D eigenvalue weighted by Gasteiger charge is -2.26. The van der Waals surface area contributed by atoms with Crippen molar-refractivity contribution in [3.05, 3.63) is 35.4 Å². The Labute approximate surface area is 183 Å². The number of carboxylic acids is 1. The molecule has 0 radical (unpaired) electrons. The number of nitrogens with zero attached hydrogens (tertiary/aromatic N) is 3. The molecule has 1 aliphatic carbocycles. The second-order valence-corrected chi connectivity index (χ2v) is 9.62. The van der Waals surface area contributed by atoms with E-state index in [9.17, 15) is 14.7 Å². The fourth-order valence-corrected chi connectivity index (χ4v) is 4.74. The Morgan fingerprint density at radius 1 is 1.32 bits per heavy atom. The van der Waals surface area contributed by atoms with Crippen LogP contribution in [0.25, 0.3) is 5.70 Å². The molecule has 8 nitrogen and oxygen atoms in total. The van der Waals surface area contributed by atoms with Crippen molar-refractivity contribution >= 4 is 17.8 Å². The van der Waals surface area contributed by atoms with Crippen LogP contribution in [0.1, 0.15) is 57.8 Å². The van der Waals surface area contributed by atoms with Gasteiger partial charge in [-0.2, -0.15) is 0 Å². The van der Waals surface area contributed by atoms with E-state index in [4.69, 9.17) is 4.74 Å². The van der Waals surface area contributed by atoms with E-state index in [0.29, 0.717) is 25.9 Å². The van der Waals surface area contributed by atoms with Crippen LogP contribution >= 0.6 is 0 Å². The molecule has 0 spiro atoms. The SMILES string of the molecule is CC(C)(C)OC(=O)N[C@H]1CCN(C(Cc2ncn3c2CCC2=C3C=CCC2)C(=O)O)C1. The Morgan fingerprint density at radius 3 is 2.87 bits per heavy atom. The zero-order valence-corrected chi connectivity index (χ0v) is 18.6. The molecule has 1 saturated heterocycles. The maximum Gasteiger partial charge on any atom is 0.407 e. The summed E-state index contributed by atoms with van der Waals surface area (Å²) in [5.74, 6) is -0.854. The lowest BCUT2D eigenvalue weighted by atomic mass is 9.93. The topological polar surface area (TPSA) is 96.7 Å². The summed E-state index contributed by atoms with van der Waals surface area (Å²) in [5, 5.41) is 12.8. The van der Waals surface area contributed by atoms with E-state index in [2.05, 4.69) is 27.0 Å². The summed E-state index contributed by atoms with van der Waals surface area (Å²) in [6.45, 7) is 6.57. The number of carbonyl (C=O) groups is 2. The van der Waals surface area contributed by atoms with Crippen molar-refractivity contribution in [1.82, 2.24) is 19.8 Å². The van der Waals surface area contributed by atoms with Gasteiger partial charge in [-0.1, -0.05) is 6.08 Å². The molecule has 31 heavy (non-hydrogen) atoms. The normalized spacial score (nSPS) is 22.1. The molecule has 1 fully saturated rings. The number of hydrogen-bond donors (Lipinski definition) is 2. The van der Waals surface area contributed by atoms with Gasteiger partial charge in [0.1, 0.15) is 11.6 Å². The molecule has 1 unspecified atom stereocenters. The highest BCUT2D eigenvalue weighted by Crippen LogP contribution is 2.33. The maximum atomic E-state index is 12.1. The van der Waals surface area contributed by atoms with Crippen molar-refractivity contribution in [2.45, 2.75) is 77.0 Å². The van der Waals surface area contributed by atoms with Gasteiger partial charge in [0.05, 0.1) is 12.0 Å². The molecule has 168 valence electrons. The van der Waals surface area contributed by atoms with Crippen LogP contribution < -0.4 is 5.32 Å². The molecule has 8 heteroatoms. The number of fused-ring (bicyclic) bond motifs is 2. The minimum absolute atomic E-state index is 0.118. The van der Waals surface area contributed by atoms with E-state index < -0.39 is 23.7 Å². The average Bonchev–Trinajstić information content (AvgIpc) is 3.31. The third-order valence-electron chi connectivity index (χ3n) is 6.18.